The van der Waals surface area contributed by atoms with Crippen LogP contribution in [0, 0.1) is 13.8 Å². The zero-order chi connectivity index (χ0) is 16.4. The Bertz CT molecular complexity index is 777. The molecule has 0 spiro atoms. The van der Waals surface area contributed by atoms with Crippen LogP contribution in [0.15, 0.2) is 45.7 Å². The number of rotatable bonds is 4. The number of nitrogens with one attached hydrogen (secondary N) is 1. The lowest BCUT2D eigenvalue weighted by Crippen LogP contribution is -2.33. The first kappa shape index (κ1) is 15.4. The van der Waals surface area contributed by atoms with Gasteiger partial charge < -0.3 is 9.73 Å². The van der Waals surface area contributed by atoms with Gasteiger partial charge in [-0.05, 0) is 49.9 Å². The molecule has 1 fully saturated rings. The molecule has 1 aromatic heterocycles. The standard InChI is InChI=1S/C17H16N2O3S/c1-11-3-6-13(7-4-11)18-10-19-16(20)15(23-17(19)21)9-14-8-5-12(2)22-14/h3-9,18H,10H2,1-2H3/b15-9-. The number of anilines is 1. The number of furan rings is 1. The molecule has 118 valence electrons. The van der Waals surface area contributed by atoms with Crippen LogP contribution >= 0.6 is 11.8 Å². The zero-order valence-corrected chi connectivity index (χ0v) is 13.6. The van der Waals surface area contributed by atoms with Gasteiger partial charge in [-0.1, -0.05) is 17.7 Å². The van der Waals surface area contributed by atoms with E-state index in [1.807, 2.05) is 44.2 Å². The highest BCUT2D eigenvalue weighted by atomic mass is 32.2. The van der Waals surface area contributed by atoms with Crippen molar-refractivity contribution in [2.24, 2.45) is 0 Å². The summed E-state index contributed by atoms with van der Waals surface area (Å²) in [6.45, 7) is 3.97. The quantitative estimate of drug-likeness (QED) is 0.860. The highest BCUT2D eigenvalue weighted by Crippen LogP contribution is 2.32. The highest BCUT2D eigenvalue weighted by Gasteiger charge is 2.35. The van der Waals surface area contributed by atoms with Gasteiger partial charge in [0.05, 0.1) is 11.6 Å². The number of thioether (sulfide) groups is 1. The van der Waals surface area contributed by atoms with Crippen LogP contribution in [0.5, 0.6) is 0 Å². The van der Waals surface area contributed by atoms with E-state index in [0.29, 0.717) is 10.7 Å². The van der Waals surface area contributed by atoms with Gasteiger partial charge in [0.15, 0.2) is 0 Å². The predicted octanol–water partition coefficient (Wildman–Crippen LogP) is 4.00. The van der Waals surface area contributed by atoms with Gasteiger partial charge in [0.1, 0.15) is 11.5 Å². The van der Waals surface area contributed by atoms with E-state index in [-0.39, 0.29) is 17.8 Å². The minimum Gasteiger partial charge on any atom is -0.462 e. The van der Waals surface area contributed by atoms with Gasteiger partial charge in [-0.15, -0.1) is 0 Å². The van der Waals surface area contributed by atoms with Gasteiger partial charge in [0.2, 0.25) is 0 Å². The number of aryl methyl sites for hydroxylation is 2. The number of imide groups is 1. The minimum atomic E-state index is -0.311. The summed E-state index contributed by atoms with van der Waals surface area (Å²) < 4.78 is 5.42. The summed E-state index contributed by atoms with van der Waals surface area (Å²) >= 11 is 0.922. The molecule has 2 aromatic rings. The van der Waals surface area contributed by atoms with Crippen molar-refractivity contribution in [2.45, 2.75) is 13.8 Å². The van der Waals surface area contributed by atoms with Crippen molar-refractivity contribution < 1.29 is 14.0 Å². The summed E-state index contributed by atoms with van der Waals surface area (Å²) in [6.07, 6.45) is 1.60. The molecule has 2 amide bonds. The van der Waals surface area contributed by atoms with Crippen molar-refractivity contribution in [3.63, 3.8) is 0 Å². The number of hydrogen-bond donors (Lipinski definition) is 1. The molecule has 0 bridgehead atoms. The summed E-state index contributed by atoms with van der Waals surface area (Å²) in [4.78, 5) is 25.9. The fraction of sp³-hybridized carbons (Fsp3) is 0.176. The van der Waals surface area contributed by atoms with Gasteiger partial charge in [-0.3, -0.25) is 14.5 Å². The average Bonchev–Trinajstić information content (AvgIpc) is 3.04. The summed E-state index contributed by atoms with van der Waals surface area (Å²) in [5, 5.41) is 2.80. The monoisotopic (exact) mass is 328 g/mol. The van der Waals surface area contributed by atoms with Crippen molar-refractivity contribution in [3.05, 3.63) is 58.4 Å². The maximum atomic E-state index is 12.3. The van der Waals surface area contributed by atoms with E-state index in [2.05, 4.69) is 5.32 Å². The van der Waals surface area contributed by atoms with Crippen molar-refractivity contribution in [1.29, 1.82) is 0 Å². The molecule has 0 aliphatic carbocycles. The van der Waals surface area contributed by atoms with E-state index in [0.717, 1.165) is 28.8 Å². The molecule has 0 atom stereocenters. The van der Waals surface area contributed by atoms with Crippen LogP contribution < -0.4 is 5.32 Å². The van der Waals surface area contributed by atoms with Crippen molar-refractivity contribution in [1.82, 2.24) is 4.90 Å². The molecular formula is C17H16N2O3S. The fourth-order valence-corrected chi connectivity index (χ4v) is 2.96. The van der Waals surface area contributed by atoms with Crippen LogP contribution in [0.1, 0.15) is 17.1 Å². The van der Waals surface area contributed by atoms with Gasteiger partial charge in [0, 0.05) is 11.8 Å². The van der Waals surface area contributed by atoms with Crippen molar-refractivity contribution in [2.75, 3.05) is 12.0 Å². The number of benzene rings is 1. The van der Waals surface area contributed by atoms with Crippen LogP contribution in [0.4, 0.5) is 10.5 Å². The zero-order valence-electron chi connectivity index (χ0n) is 12.8. The van der Waals surface area contributed by atoms with Crippen LogP contribution in [0.3, 0.4) is 0 Å². The molecule has 1 aromatic carbocycles. The summed E-state index contributed by atoms with van der Waals surface area (Å²) in [5.41, 5.74) is 2.01. The maximum absolute atomic E-state index is 12.3. The molecule has 1 N–H and O–H groups in total. The Morgan fingerprint density at radius 1 is 1.13 bits per heavy atom. The molecule has 6 heteroatoms. The minimum absolute atomic E-state index is 0.141. The number of hydrogen-bond acceptors (Lipinski definition) is 5. The molecule has 5 nitrogen and oxygen atoms in total. The van der Waals surface area contributed by atoms with Gasteiger partial charge in [0.25, 0.3) is 11.1 Å². The van der Waals surface area contributed by atoms with E-state index in [4.69, 9.17) is 4.42 Å². The van der Waals surface area contributed by atoms with Crippen LogP contribution in [0.25, 0.3) is 6.08 Å². The molecular weight excluding hydrogens is 312 g/mol. The third kappa shape index (κ3) is 3.48. The molecule has 23 heavy (non-hydrogen) atoms. The van der Waals surface area contributed by atoms with Crippen LogP contribution in [0.2, 0.25) is 0 Å². The molecule has 3 rings (SSSR count). The van der Waals surface area contributed by atoms with Crippen molar-refractivity contribution >= 4 is 34.7 Å². The van der Waals surface area contributed by atoms with E-state index in [1.54, 1.807) is 12.1 Å². The Kier molecular flexibility index (Phi) is 4.25. The normalized spacial score (nSPS) is 16.4. The lowest BCUT2D eigenvalue weighted by molar-refractivity contribution is -0.122. The molecule has 1 aliphatic rings. The highest BCUT2D eigenvalue weighted by molar-refractivity contribution is 8.18. The Morgan fingerprint density at radius 2 is 1.87 bits per heavy atom. The predicted molar refractivity (Wildman–Crippen MR) is 90.9 cm³/mol. The molecule has 1 saturated heterocycles. The lowest BCUT2D eigenvalue weighted by Gasteiger charge is -2.14. The number of nitrogens with zero attached hydrogens (tertiary/aromatic N) is 1. The second-order valence-corrected chi connectivity index (χ2v) is 6.25. The summed E-state index contributed by atoms with van der Waals surface area (Å²) in [7, 11) is 0. The molecule has 2 heterocycles. The maximum Gasteiger partial charge on any atom is 0.295 e. The van der Waals surface area contributed by atoms with Gasteiger partial charge >= 0.3 is 0 Å². The molecule has 1 aliphatic heterocycles. The number of amides is 2. The first-order chi connectivity index (χ1) is 11.0. The Hall–Kier alpha value is -2.47. The van der Waals surface area contributed by atoms with E-state index in [1.165, 1.54) is 4.90 Å². The topological polar surface area (TPSA) is 62.6 Å². The summed E-state index contributed by atoms with van der Waals surface area (Å²) in [6, 6.07) is 11.3. The third-order valence-corrected chi connectivity index (χ3v) is 4.31. The molecule has 0 saturated carbocycles. The Balaban J connectivity index is 1.69. The summed E-state index contributed by atoms with van der Waals surface area (Å²) in [5.74, 6) is 1.02. The smallest absolute Gasteiger partial charge is 0.295 e. The van der Waals surface area contributed by atoms with Crippen LogP contribution in [-0.2, 0) is 4.79 Å². The van der Waals surface area contributed by atoms with E-state index < -0.39 is 0 Å². The van der Waals surface area contributed by atoms with Gasteiger partial charge in [-0.25, -0.2) is 0 Å². The van der Waals surface area contributed by atoms with Gasteiger partial charge in [-0.2, -0.15) is 0 Å². The van der Waals surface area contributed by atoms with Crippen molar-refractivity contribution in [3.8, 4) is 0 Å². The first-order valence-electron chi connectivity index (χ1n) is 7.15. The second-order valence-electron chi connectivity index (χ2n) is 5.26. The second kappa shape index (κ2) is 6.34. The number of carbonyl (C=O) groups is 2. The molecule has 0 unspecified atom stereocenters. The average molecular weight is 328 g/mol. The Labute approximate surface area is 138 Å². The van der Waals surface area contributed by atoms with E-state index in [9.17, 15) is 9.59 Å². The fourth-order valence-electron chi connectivity index (χ4n) is 2.14. The first-order valence-corrected chi connectivity index (χ1v) is 7.97. The molecule has 0 radical (unpaired) electrons. The largest absolute Gasteiger partial charge is 0.462 e. The Morgan fingerprint density at radius 3 is 2.52 bits per heavy atom. The van der Waals surface area contributed by atoms with E-state index >= 15 is 0 Å². The SMILES string of the molecule is Cc1ccc(NCN2C(=O)S/C(=C\c3ccc(C)o3)C2=O)cc1. The number of carbonyl (C=O) groups excluding carboxylic acids is 2. The third-order valence-electron chi connectivity index (χ3n) is 3.40. The van der Waals surface area contributed by atoms with Crippen LogP contribution in [-0.4, -0.2) is 22.7 Å². The lowest BCUT2D eigenvalue weighted by atomic mass is 10.2.